The summed E-state index contributed by atoms with van der Waals surface area (Å²) in [6.45, 7) is 5.41. The fourth-order valence-corrected chi connectivity index (χ4v) is 6.41. The molecule has 0 saturated carbocycles. The lowest BCUT2D eigenvalue weighted by molar-refractivity contribution is -0.140. The highest BCUT2D eigenvalue weighted by molar-refractivity contribution is 7.92. The van der Waals surface area contributed by atoms with Crippen LogP contribution in [0.15, 0.2) is 108 Å². The Labute approximate surface area is 259 Å². The van der Waals surface area contributed by atoms with Crippen LogP contribution in [0.3, 0.4) is 0 Å². The van der Waals surface area contributed by atoms with E-state index in [4.69, 9.17) is 11.6 Å². The van der Waals surface area contributed by atoms with E-state index in [0.29, 0.717) is 22.8 Å². The lowest BCUT2D eigenvalue weighted by Crippen LogP contribution is -2.53. The number of halogens is 1. The topological polar surface area (TPSA) is 86.8 Å². The number of nitrogens with one attached hydrogen (secondary N) is 1. The number of carbonyl (C=O) groups excluding carboxylic acids is 2. The van der Waals surface area contributed by atoms with Crippen molar-refractivity contribution in [2.75, 3.05) is 17.4 Å². The van der Waals surface area contributed by atoms with Gasteiger partial charge in [0.25, 0.3) is 10.0 Å². The highest BCUT2D eigenvalue weighted by atomic mass is 35.5. The summed E-state index contributed by atoms with van der Waals surface area (Å²) in [6, 6.07) is 29.1. The molecule has 43 heavy (non-hydrogen) atoms. The van der Waals surface area contributed by atoms with Crippen molar-refractivity contribution in [3.63, 3.8) is 0 Å². The second-order valence-corrected chi connectivity index (χ2v) is 12.6. The number of aryl methyl sites for hydroxylation is 2. The zero-order valence-corrected chi connectivity index (χ0v) is 26.1. The van der Waals surface area contributed by atoms with Crippen LogP contribution in [0, 0.1) is 13.8 Å². The molecule has 4 aromatic carbocycles. The van der Waals surface area contributed by atoms with Crippen LogP contribution in [0.1, 0.15) is 29.2 Å². The maximum Gasteiger partial charge on any atom is 0.264 e. The van der Waals surface area contributed by atoms with Gasteiger partial charge in [-0.25, -0.2) is 8.42 Å². The van der Waals surface area contributed by atoms with Gasteiger partial charge in [-0.1, -0.05) is 90.0 Å². The second-order valence-electron chi connectivity index (χ2n) is 10.4. The van der Waals surface area contributed by atoms with Crippen molar-refractivity contribution in [3.8, 4) is 0 Å². The number of anilines is 1. The molecule has 0 bridgehead atoms. The number of benzene rings is 4. The van der Waals surface area contributed by atoms with Crippen molar-refractivity contribution in [1.29, 1.82) is 0 Å². The SMILES string of the molecule is CCNC(=O)C(Cc1ccccc1)N(Cc1ccccc1Cl)C(=O)CN(c1cccc(C)c1)S(=O)(=O)c1ccc(C)cc1. The van der Waals surface area contributed by atoms with Crippen LogP contribution in [0.2, 0.25) is 5.02 Å². The molecule has 0 saturated heterocycles. The zero-order valence-electron chi connectivity index (χ0n) is 24.5. The zero-order chi connectivity index (χ0) is 31.0. The Bertz CT molecular complexity index is 1660. The molecule has 0 spiro atoms. The predicted molar refractivity (Wildman–Crippen MR) is 172 cm³/mol. The van der Waals surface area contributed by atoms with Gasteiger partial charge in [0, 0.05) is 24.5 Å². The normalized spacial score (nSPS) is 11.9. The molecule has 7 nitrogen and oxygen atoms in total. The minimum absolute atomic E-state index is 0.0133. The summed E-state index contributed by atoms with van der Waals surface area (Å²) >= 11 is 6.52. The van der Waals surface area contributed by atoms with Gasteiger partial charge in [0.1, 0.15) is 12.6 Å². The average molecular weight is 618 g/mol. The van der Waals surface area contributed by atoms with Gasteiger partial charge in [-0.05, 0) is 67.8 Å². The summed E-state index contributed by atoms with van der Waals surface area (Å²) in [4.78, 5) is 29.4. The minimum atomic E-state index is -4.15. The van der Waals surface area contributed by atoms with Gasteiger partial charge in [-0.3, -0.25) is 13.9 Å². The van der Waals surface area contributed by atoms with Gasteiger partial charge >= 0.3 is 0 Å². The monoisotopic (exact) mass is 617 g/mol. The van der Waals surface area contributed by atoms with E-state index >= 15 is 0 Å². The molecule has 0 aliphatic rings. The van der Waals surface area contributed by atoms with Crippen LogP contribution in [0.25, 0.3) is 0 Å². The summed E-state index contributed by atoms with van der Waals surface area (Å²) in [5, 5.41) is 3.30. The van der Waals surface area contributed by atoms with Crippen molar-refractivity contribution in [1.82, 2.24) is 10.2 Å². The molecule has 4 rings (SSSR count). The first-order valence-electron chi connectivity index (χ1n) is 14.1. The van der Waals surface area contributed by atoms with E-state index in [0.717, 1.165) is 21.0 Å². The molecule has 9 heteroatoms. The van der Waals surface area contributed by atoms with Gasteiger partial charge in [-0.15, -0.1) is 0 Å². The number of hydrogen-bond donors (Lipinski definition) is 1. The van der Waals surface area contributed by atoms with E-state index in [-0.39, 0.29) is 23.8 Å². The van der Waals surface area contributed by atoms with Crippen molar-refractivity contribution in [3.05, 3.63) is 130 Å². The fraction of sp³-hybridized carbons (Fsp3) is 0.235. The molecule has 0 aromatic heterocycles. The Morgan fingerprint density at radius 1 is 0.837 bits per heavy atom. The van der Waals surface area contributed by atoms with Gasteiger partial charge in [0.05, 0.1) is 10.6 Å². The number of hydrogen-bond acceptors (Lipinski definition) is 4. The van der Waals surface area contributed by atoms with Crippen LogP contribution in [-0.4, -0.2) is 44.3 Å². The molecule has 1 unspecified atom stereocenters. The summed E-state index contributed by atoms with van der Waals surface area (Å²) in [5.74, 6) is -0.875. The Morgan fingerprint density at radius 3 is 2.16 bits per heavy atom. The van der Waals surface area contributed by atoms with Crippen LogP contribution in [0.4, 0.5) is 5.69 Å². The molecule has 0 aliphatic heterocycles. The molecule has 1 N–H and O–H groups in total. The highest BCUT2D eigenvalue weighted by Crippen LogP contribution is 2.27. The van der Waals surface area contributed by atoms with E-state index in [1.54, 1.807) is 48.5 Å². The van der Waals surface area contributed by atoms with E-state index in [1.165, 1.54) is 17.0 Å². The molecule has 224 valence electrons. The largest absolute Gasteiger partial charge is 0.355 e. The molecular formula is C34H36ClN3O4S. The quantitative estimate of drug-likeness (QED) is 0.214. The number of sulfonamides is 1. The first kappa shape index (κ1) is 31.8. The molecule has 0 aliphatic carbocycles. The Balaban J connectivity index is 1.80. The van der Waals surface area contributed by atoms with Crippen molar-refractivity contribution >= 4 is 39.1 Å². The van der Waals surface area contributed by atoms with Crippen LogP contribution >= 0.6 is 11.6 Å². The Morgan fingerprint density at radius 2 is 1.51 bits per heavy atom. The Hall–Kier alpha value is -4.14. The van der Waals surface area contributed by atoms with Crippen LogP contribution in [-0.2, 0) is 32.6 Å². The number of carbonyl (C=O) groups is 2. The maximum absolute atomic E-state index is 14.4. The smallest absolute Gasteiger partial charge is 0.264 e. The van der Waals surface area contributed by atoms with Crippen molar-refractivity contribution < 1.29 is 18.0 Å². The third-order valence-corrected chi connectivity index (χ3v) is 9.25. The molecular weight excluding hydrogens is 582 g/mol. The number of likely N-dealkylation sites (N-methyl/N-ethyl adjacent to an activating group) is 1. The molecule has 0 heterocycles. The molecule has 1 atom stereocenters. The van der Waals surface area contributed by atoms with Crippen LogP contribution < -0.4 is 9.62 Å². The average Bonchev–Trinajstić information content (AvgIpc) is 2.99. The van der Waals surface area contributed by atoms with Gasteiger partial charge < -0.3 is 10.2 Å². The van der Waals surface area contributed by atoms with E-state index in [1.807, 2.05) is 63.2 Å². The number of amides is 2. The first-order valence-corrected chi connectivity index (χ1v) is 15.9. The number of rotatable bonds is 12. The van der Waals surface area contributed by atoms with Crippen molar-refractivity contribution in [2.45, 2.75) is 44.7 Å². The summed E-state index contributed by atoms with van der Waals surface area (Å²) in [7, 11) is -4.15. The van der Waals surface area contributed by atoms with Gasteiger partial charge in [-0.2, -0.15) is 0 Å². The lowest BCUT2D eigenvalue weighted by atomic mass is 10.0. The third kappa shape index (κ3) is 8.03. The summed E-state index contributed by atoms with van der Waals surface area (Å²) < 4.78 is 29.3. The van der Waals surface area contributed by atoms with E-state index < -0.39 is 28.5 Å². The highest BCUT2D eigenvalue weighted by Gasteiger charge is 2.34. The summed E-state index contributed by atoms with van der Waals surface area (Å²) in [5.41, 5.74) is 3.60. The fourth-order valence-electron chi connectivity index (χ4n) is 4.81. The van der Waals surface area contributed by atoms with Gasteiger partial charge in [0.15, 0.2) is 0 Å². The molecule has 2 amide bonds. The van der Waals surface area contributed by atoms with Crippen LogP contribution in [0.5, 0.6) is 0 Å². The summed E-state index contributed by atoms with van der Waals surface area (Å²) in [6.07, 6.45) is 0.234. The first-order chi connectivity index (χ1) is 20.6. The molecule has 4 aromatic rings. The minimum Gasteiger partial charge on any atom is -0.355 e. The third-order valence-electron chi connectivity index (χ3n) is 7.10. The molecule has 0 radical (unpaired) electrons. The Kier molecular flexibility index (Phi) is 10.6. The number of nitrogens with zero attached hydrogens (tertiary/aromatic N) is 2. The van der Waals surface area contributed by atoms with E-state index in [2.05, 4.69) is 5.32 Å². The van der Waals surface area contributed by atoms with Gasteiger partial charge in [0.2, 0.25) is 11.8 Å². The molecule has 0 fully saturated rings. The maximum atomic E-state index is 14.4. The lowest BCUT2D eigenvalue weighted by Gasteiger charge is -2.34. The predicted octanol–water partition coefficient (Wildman–Crippen LogP) is 5.93. The van der Waals surface area contributed by atoms with E-state index in [9.17, 15) is 18.0 Å². The standard InChI is InChI=1S/C34H36ClN3O4S/c1-4-36-34(40)32(22-27-12-6-5-7-13-27)37(23-28-14-8-9-16-31(28)35)33(39)24-38(29-15-10-11-26(3)21-29)43(41,42)30-19-17-25(2)18-20-30/h5-21,32H,4,22-24H2,1-3H3,(H,36,40). The van der Waals surface area contributed by atoms with Crippen molar-refractivity contribution in [2.24, 2.45) is 0 Å². The second kappa shape index (κ2) is 14.4.